The molecule has 0 bridgehead atoms. The summed E-state index contributed by atoms with van der Waals surface area (Å²) < 4.78 is 17.6. The molecule has 0 aliphatic carbocycles. The zero-order chi connectivity index (χ0) is 12.0. The molecule has 0 saturated carbocycles. The summed E-state index contributed by atoms with van der Waals surface area (Å²) in [7, 11) is 1.51. The maximum Gasteiger partial charge on any atom is 0.277 e. The van der Waals surface area contributed by atoms with Crippen LogP contribution in [-0.2, 0) is 9.57 Å². The van der Waals surface area contributed by atoms with E-state index in [1.54, 1.807) is 0 Å². The third kappa shape index (κ3) is 3.48. The number of hydroxylamine groups is 1. The smallest absolute Gasteiger partial charge is 0.277 e. The number of ether oxygens (including phenoxy) is 1. The van der Waals surface area contributed by atoms with Crippen LogP contribution in [0.2, 0.25) is 0 Å². The van der Waals surface area contributed by atoms with Crippen molar-refractivity contribution in [2.24, 2.45) is 0 Å². The normalized spacial score (nSPS) is 10.1. The van der Waals surface area contributed by atoms with E-state index >= 15 is 0 Å². The first-order chi connectivity index (χ1) is 7.65. The third-order valence-electron chi connectivity index (χ3n) is 1.81. The van der Waals surface area contributed by atoms with Gasteiger partial charge in [0.05, 0.1) is 18.8 Å². The molecular formula is C10H13FN2O3. The zero-order valence-corrected chi connectivity index (χ0v) is 8.83. The summed E-state index contributed by atoms with van der Waals surface area (Å²) in [5.41, 5.74) is 7.88. The number of anilines is 1. The fourth-order valence-electron chi connectivity index (χ4n) is 1.02. The van der Waals surface area contributed by atoms with Gasteiger partial charge in [-0.25, -0.2) is 9.87 Å². The largest absolute Gasteiger partial charge is 0.398 e. The highest BCUT2D eigenvalue weighted by atomic mass is 19.1. The number of rotatable bonds is 5. The number of amides is 1. The lowest BCUT2D eigenvalue weighted by atomic mass is 10.1. The van der Waals surface area contributed by atoms with Gasteiger partial charge in [0.15, 0.2) is 0 Å². The number of halogens is 1. The van der Waals surface area contributed by atoms with Crippen LogP contribution < -0.4 is 11.2 Å². The monoisotopic (exact) mass is 228 g/mol. The van der Waals surface area contributed by atoms with Gasteiger partial charge in [0.1, 0.15) is 5.82 Å². The highest BCUT2D eigenvalue weighted by Gasteiger charge is 2.10. The second-order valence-corrected chi connectivity index (χ2v) is 3.00. The van der Waals surface area contributed by atoms with E-state index in [4.69, 9.17) is 15.3 Å². The lowest BCUT2D eigenvalue weighted by Crippen LogP contribution is -2.26. The van der Waals surface area contributed by atoms with Crippen LogP contribution in [0, 0.1) is 5.82 Å². The van der Waals surface area contributed by atoms with E-state index in [-0.39, 0.29) is 17.9 Å². The van der Waals surface area contributed by atoms with Crippen molar-refractivity contribution < 1.29 is 18.8 Å². The van der Waals surface area contributed by atoms with Crippen molar-refractivity contribution in [2.45, 2.75) is 0 Å². The molecule has 16 heavy (non-hydrogen) atoms. The van der Waals surface area contributed by atoms with Crippen molar-refractivity contribution in [3.05, 3.63) is 29.6 Å². The third-order valence-corrected chi connectivity index (χ3v) is 1.81. The number of benzene rings is 1. The van der Waals surface area contributed by atoms with Gasteiger partial charge in [-0.3, -0.25) is 9.63 Å². The van der Waals surface area contributed by atoms with E-state index in [9.17, 15) is 9.18 Å². The molecule has 1 aromatic rings. The fraction of sp³-hybridized carbons (Fsp3) is 0.300. The summed E-state index contributed by atoms with van der Waals surface area (Å²) in [5.74, 6) is -1.12. The number of hydrogen-bond acceptors (Lipinski definition) is 4. The van der Waals surface area contributed by atoms with Gasteiger partial charge in [0, 0.05) is 12.8 Å². The Hall–Kier alpha value is -1.66. The molecule has 0 aliphatic rings. The zero-order valence-electron chi connectivity index (χ0n) is 8.83. The van der Waals surface area contributed by atoms with E-state index in [0.29, 0.717) is 6.61 Å². The van der Waals surface area contributed by atoms with E-state index in [1.165, 1.54) is 19.2 Å². The van der Waals surface area contributed by atoms with Crippen LogP contribution in [0.1, 0.15) is 10.4 Å². The molecule has 88 valence electrons. The Morgan fingerprint density at radius 3 is 2.94 bits per heavy atom. The van der Waals surface area contributed by atoms with Crippen LogP contribution in [0.3, 0.4) is 0 Å². The lowest BCUT2D eigenvalue weighted by Gasteiger charge is -2.07. The minimum absolute atomic E-state index is 0.0393. The number of nitrogen functional groups attached to an aromatic ring is 1. The van der Waals surface area contributed by atoms with Crippen LogP contribution in [-0.4, -0.2) is 26.2 Å². The van der Waals surface area contributed by atoms with Crippen LogP contribution in [0.5, 0.6) is 0 Å². The van der Waals surface area contributed by atoms with Crippen LogP contribution in [0.25, 0.3) is 0 Å². The molecule has 0 fully saturated rings. The first kappa shape index (κ1) is 12.4. The number of carbonyl (C=O) groups excluding carboxylic acids is 1. The van der Waals surface area contributed by atoms with E-state index in [0.717, 1.165) is 6.07 Å². The van der Waals surface area contributed by atoms with Crippen molar-refractivity contribution in [3.8, 4) is 0 Å². The second kappa shape index (κ2) is 6.04. The summed E-state index contributed by atoms with van der Waals surface area (Å²) >= 11 is 0. The summed E-state index contributed by atoms with van der Waals surface area (Å²) in [4.78, 5) is 16.2. The van der Waals surface area contributed by atoms with Gasteiger partial charge in [0.25, 0.3) is 5.91 Å². The minimum Gasteiger partial charge on any atom is -0.398 e. The molecule has 1 aromatic carbocycles. The van der Waals surface area contributed by atoms with Gasteiger partial charge >= 0.3 is 0 Å². The first-order valence-corrected chi connectivity index (χ1v) is 4.61. The highest BCUT2D eigenvalue weighted by Crippen LogP contribution is 2.12. The first-order valence-electron chi connectivity index (χ1n) is 4.61. The summed E-state index contributed by atoms with van der Waals surface area (Å²) in [6, 6.07) is 3.54. The Labute approximate surface area is 92.3 Å². The number of nitrogens with one attached hydrogen (secondary N) is 1. The van der Waals surface area contributed by atoms with Crippen LogP contribution >= 0.6 is 0 Å². The average molecular weight is 228 g/mol. The molecule has 0 aliphatic heterocycles. The number of nitrogens with two attached hydrogens (primary N) is 1. The van der Waals surface area contributed by atoms with Gasteiger partial charge in [0.2, 0.25) is 0 Å². The lowest BCUT2D eigenvalue weighted by molar-refractivity contribution is 0.00892. The maximum absolute atomic E-state index is 12.9. The standard InChI is InChI=1S/C10H13FN2O3/c1-15-4-5-16-13-10(14)8-6-7(11)2-3-9(8)12/h2-3,6H,4-5,12H2,1H3,(H,13,14). The fourth-order valence-corrected chi connectivity index (χ4v) is 1.02. The van der Waals surface area contributed by atoms with E-state index in [2.05, 4.69) is 5.48 Å². The molecule has 0 heterocycles. The van der Waals surface area contributed by atoms with E-state index < -0.39 is 11.7 Å². The van der Waals surface area contributed by atoms with Crippen molar-refractivity contribution >= 4 is 11.6 Å². The number of carbonyl (C=O) groups is 1. The molecule has 0 radical (unpaired) electrons. The molecule has 5 nitrogen and oxygen atoms in total. The minimum atomic E-state index is -0.590. The Morgan fingerprint density at radius 2 is 2.25 bits per heavy atom. The Bertz CT molecular complexity index is 371. The summed E-state index contributed by atoms with van der Waals surface area (Å²) in [5, 5.41) is 0. The highest BCUT2D eigenvalue weighted by molar-refractivity contribution is 5.98. The van der Waals surface area contributed by atoms with Crippen LogP contribution in [0.4, 0.5) is 10.1 Å². The maximum atomic E-state index is 12.9. The van der Waals surface area contributed by atoms with Gasteiger partial charge in [-0.05, 0) is 18.2 Å². The molecule has 0 unspecified atom stereocenters. The molecule has 0 atom stereocenters. The summed E-state index contributed by atoms with van der Waals surface area (Å²) in [6.07, 6.45) is 0. The Morgan fingerprint density at radius 1 is 1.50 bits per heavy atom. The quantitative estimate of drug-likeness (QED) is 0.442. The predicted molar refractivity (Wildman–Crippen MR) is 56.1 cm³/mol. The van der Waals surface area contributed by atoms with Gasteiger partial charge in [-0.15, -0.1) is 0 Å². The van der Waals surface area contributed by atoms with Crippen molar-refractivity contribution in [3.63, 3.8) is 0 Å². The molecule has 3 N–H and O–H groups in total. The molecule has 0 aromatic heterocycles. The van der Waals surface area contributed by atoms with Gasteiger partial charge in [-0.1, -0.05) is 0 Å². The van der Waals surface area contributed by atoms with Crippen molar-refractivity contribution in [1.82, 2.24) is 5.48 Å². The summed E-state index contributed by atoms with van der Waals surface area (Å²) in [6.45, 7) is 0.552. The Kier molecular flexibility index (Phi) is 4.68. The molecule has 6 heteroatoms. The Balaban J connectivity index is 2.55. The molecular weight excluding hydrogens is 215 g/mol. The molecule has 0 saturated heterocycles. The van der Waals surface area contributed by atoms with Crippen LogP contribution in [0.15, 0.2) is 18.2 Å². The number of hydrogen-bond donors (Lipinski definition) is 2. The molecule has 1 amide bonds. The molecule has 0 spiro atoms. The van der Waals surface area contributed by atoms with Gasteiger partial charge in [-0.2, -0.15) is 0 Å². The second-order valence-electron chi connectivity index (χ2n) is 3.00. The SMILES string of the molecule is COCCONC(=O)c1cc(F)ccc1N. The van der Waals surface area contributed by atoms with Crippen molar-refractivity contribution in [2.75, 3.05) is 26.1 Å². The molecule has 1 rings (SSSR count). The van der Waals surface area contributed by atoms with E-state index in [1.807, 2.05) is 0 Å². The van der Waals surface area contributed by atoms with Crippen molar-refractivity contribution in [1.29, 1.82) is 0 Å². The average Bonchev–Trinajstić information content (AvgIpc) is 2.27. The number of methoxy groups -OCH3 is 1. The topological polar surface area (TPSA) is 73.6 Å². The predicted octanol–water partition coefficient (Wildman–Crippen LogP) is 0.716. The van der Waals surface area contributed by atoms with Gasteiger partial charge < -0.3 is 10.5 Å².